The van der Waals surface area contributed by atoms with Gasteiger partial charge in [-0.3, -0.25) is 0 Å². The van der Waals surface area contributed by atoms with Gasteiger partial charge in [0.15, 0.2) is 0 Å². The highest BCUT2D eigenvalue weighted by Gasteiger charge is 2.55. The number of nitrogens with one attached hydrogen (secondary N) is 1. The van der Waals surface area contributed by atoms with Gasteiger partial charge < -0.3 is 10.1 Å². The van der Waals surface area contributed by atoms with Gasteiger partial charge in [-0.2, -0.15) is 26.3 Å². The number of fused-ring (bicyclic) bond motifs is 2. The molecule has 3 heterocycles. The van der Waals surface area contributed by atoms with E-state index in [1.807, 2.05) is 30.3 Å². The molecule has 1 N–H and O–H groups in total. The first-order valence-corrected chi connectivity index (χ1v) is 11.4. The monoisotopic (exact) mass is 547 g/mol. The second-order valence-corrected chi connectivity index (χ2v) is 9.32. The highest BCUT2D eigenvalue weighted by atomic mass is 35.5. The third kappa shape index (κ3) is 5.19. The summed E-state index contributed by atoms with van der Waals surface area (Å²) in [7, 11) is 0. The second-order valence-electron chi connectivity index (χ2n) is 9.32. The quantitative estimate of drug-likeness (QED) is 0.420. The standard InChI is InChI=1S/C24H23F6N5O.ClH/c1-14-32-33-34-35(14)20-12-22(16-5-3-2-4-6-16)21(8-7-19(20)31-22)36-13-15-9-17(23(25,26)27)11-18(10-15)24(28,29)30;/h2-6,9-11,19-21,31H,7-8,12-13H2,1H3;1H. The Balaban J connectivity index is 0.00000320. The molecule has 0 spiro atoms. The van der Waals surface area contributed by atoms with Crippen LogP contribution < -0.4 is 5.32 Å². The normalized spacial score (nSPS) is 25.6. The van der Waals surface area contributed by atoms with Crippen molar-refractivity contribution >= 4 is 12.4 Å². The Kier molecular flexibility index (Phi) is 7.30. The van der Waals surface area contributed by atoms with E-state index in [-0.39, 0.29) is 36.1 Å². The molecule has 1 aromatic heterocycles. The number of hydrogen-bond donors (Lipinski definition) is 1. The summed E-state index contributed by atoms with van der Waals surface area (Å²) in [5, 5.41) is 15.5. The van der Waals surface area contributed by atoms with Crippen LogP contribution in [0, 0.1) is 6.92 Å². The van der Waals surface area contributed by atoms with Crippen molar-refractivity contribution in [2.45, 2.75) is 68.9 Å². The van der Waals surface area contributed by atoms with Gasteiger partial charge >= 0.3 is 12.4 Å². The molecule has 2 aliphatic rings. The molecule has 0 amide bonds. The van der Waals surface area contributed by atoms with Crippen LogP contribution in [0.25, 0.3) is 0 Å². The van der Waals surface area contributed by atoms with Crippen molar-refractivity contribution in [2.24, 2.45) is 0 Å². The molecule has 13 heteroatoms. The van der Waals surface area contributed by atoms with Crippen LogP contribution in [-0.4, -0.2) is 32.4 Å². The van der Waals surface area contributed by atoms with Gasteiger partial charge in [0.25, 0.3) is 0 Å². The van der Waals surface area contributed by atoms with Crippen molar-refractivity contribution in [1.82, 2.24) is 25.5 Å². The summed E-state index contributed by atoms with van der Waals surface area (Å²) in [6.45, 7) is 1.41. The van der Waals surface area contributed by atoms with Crippen LogP contribution in [0.5, 0.6) is 0 Å². The van der Waals surface area contributed by atoms with Crippen molar-refractivity contribution in [3.05, 3.63) is 76.6 Å². The number of benzene rings is 2. The highest BCUT2D eigenvalue weighted by molar-refractivity contribution is 5.85. The second kappa shape index (κ2) is 9.88. The molecule has 2 bridgehead atoms. The molecule has 2 aliphatic heterocycles. The molecular weight excluding hydrogens is 524 g/mol. The van der Waals surface area contributed by atoms with E-state index in [0.717, 1.165) is 5.56 Å². The summed E-state index contributed by atoms with van der Waals surface area (Å²) in [5.41, 5.74) is -2.68. The molecule has 4 atom stereocenters. The molecule has 4 unspecified atom stereocenters. The fourth-order valence-corrected chi connectivity index (χ4v) is 5.47. The summed E-state index contributed by atoms with van der Waals surface area (Å²) in [4.78, 5) is 0. The van der Waals surface area contributed by atoms with Gasteiger partial charge in [0, 0.05) is 6.04 Å². The van der Waals surface area contributed by atoms with Gasteiger partial charge in [0.1, 0.15) is 5.82 Å². The van der Waals surface area contributed by atoms with E-state index in [1.165, 1.54) is 0 Å². The summed E-state index contributed by atoms with van der Waals surface area (Å²) in [6.07, 6.45) is -8.53. The van der Waals surface area contributed by atoms with E-state index in [9.17, 15) is 26.3 Å². The number of aromatic nitrogens is 4. The highest BCUT2D eigenvalue weighted by Crippen LogP contribution is 2.49. The van der Waals surface area contributed by atoms with Crippen LogP contribution in [0.3, 0.4) is 0 Å². The molecule has 2 saturated heterocycles. The first kappa shape index (κ1) is 27.3. The molecule has 200 valence electrons. The number of nitrogens with zero attached hydrogens (tertiary/aromatic N) is 4. The molecule has 0 aliphatic carbocycles. The zero-order valence-electron chi connectivity index (χ0n) is 19.6. The van der Waals surface area contributed by atoms with E-state index in [1.54, 1.807) is 11.6 Å². The average Bonchev–Trinajstić information content (AvgIpc) is 3.39. The van der Waals surface area contributed by atoms with Crippen LogP contribution >= 0.6 is 12.4 Å². The lowest BCUT2D eigenvalue weighted by atomic mass is 9.80. The maximum absolute atomic E-state index is 13.3. The van der Waals surface area contributed by atoms with Crippen molar-refractivity contribution in [3.8, 4) is 0 Å². The largest absolute Gasteiger partial charge is 0.416 e. The SMILES string of the molecule is Cc1nnnn1C1CC2(c3ccccc3)NC1CCC2OCc1cc(C(F)(F)F)cc(C(F)(F)F)c1.Cl. The molecule has 2 aromatic carbocycles. The smallest absolute Gasteiger partial charge is 0.371 e. The lowest BCUT2D eigenvalue weighted by Crippen LogP contribution is -2.54. The lowest BCUT2D eigenvalue weighted by molar-refractivity contribution is -0.143. The Hall–Kier alpha value is -2.70. The van der Waals surface area contributed by atoms with Crippen LogP contribution in [0.2, 0.25) is 0 Å². The summed E-state index contributed by atoms with van der Waals surface area (Å²) in [5.74, 6) is 0.652. The molecule has 2 fully saturated rings. The van der Waals surface area contributed by atoms with E-state index >= 15 is 0 Å². The first-order chi connectivity index (χ1) is 17.0. The van der Waals surface area contributed by atoms with Crippen LogP contribution in [0.4, 0.5) is 26.3 Å². The van der Waals surface area contributed by atoms with Crippen molar-refractivity contribution in [1.29, 1.82) is 0 Å². The molecule has 37 heavy (non-hydrogen) atoms. The third-order valence-electron chi connectivity index (χ3n) is 7.09. The number of rotatable bonds is 5. The molecule has 6 nitrogen and oxygen atoms in total. The molecule has 5 rings (SSSR count). The van der Waals surface area contributed by atoms with Gasteiger partial charge in [0.2, 0.25) is 0 Å². The van der Waals surface area contributed by atoms with Crippen molar-refractivity contribution < 1.29 is 31.1 Å². The number of piperidine rings is 1. The Morgan fingerprint density at radius 2 is 1.65 bits per heavy atom. The Labute approximate surface area is 214 Å². The fraction of sp³-hybridized carbons (Fsp3) is 0.458. The summed E-state index contributed by atoms with van der Waals surface area (Å²) in [6, 6.07) is 11.0. The summed E-state index contributed by atoms with van der Waals surface area (Å²) >= 11 is 0. The zero-order chi connectivity index (χ0) is 25.7. The van der Waals surface area contributed by atoms with E-state index in [0.29, 0.717) is 37.2 Å². The van der Waals surface area contributed by atoms with E-state index in [4.69, 9.17) is 4.74 Å². The predicted molar refractivity (Wildman–Crippen MR) is 123 cm³/mol. The third-order valence-corrected chi connectivity index (χ3v) is 7.09. The van der Waals surface area contributed by atoms with E-state index < -0.39 is 41.7 Å². The average molecular weight is 548 g/mol. The van der Waals surface area contributed by atoms with Gasteiger partial charge in [-0.05, 0) is 65.9 Å². The minimum atomic E-state index is -4.91. The zero-order valence-corrected chi connectivity index (χ0v) is 20.4. The number of aryl methyl sites for hydroxylation is 1. The van der Waals surface area contributed by atoms with Crippen molar-refractivity contribution in [2.75, 3.05) is 0 Å². The molecule has 3 aromatic rings. The number of alkyl halides is 6. The van der Waals surface area contributed by atoms with Crippen LogP contribution in [-0.2, 0) is 29.2 Å². The molecular formula is C24H24ClF6N5O. The minimum absolute atomic E-state index is 0. The predicted octanol–water partition coefficient (Wildman–Crippen LogP) is 5.62. The number of halogens is 7. The van der Waals surface area contributed by atoms with Crippen molar-refractivity contribution in [3.63, 3.8) is 0 Å². The maximum Gasteiger partial charge on any atom is 0.416 e. The Bertz CT molecular complexity index is 1200. The van der Waals surface area contributed by atoms with Crippen LogP contribution in [0.15, 0.2) is 48.5 Å². The summed E-state index contributed by atoms with van der Waals surface area (Å²) < 4.78 is 87.7. The number of hydrogen-bond acceptors (Lipinski definition) is 5. The molecule has 0 saturated carbocycles. The van der Waals surface area contributed by atoms with Crippen LogP contribution in [0.1, 0.15) is 53.4 Å². The van der Waals surface area contributed by atoms with E-state index in [2.05, 4.69) is 20.8 Å². The van der Waals surface area contributed by atoms with Gasteiger partial charge in [-0.15, -0.1) is 17.5 Å². The lowest BCUT2D eigenvalue weighted by Gasteiger charge is -2.42. The maximum atomic E-state index is 13.3. The number of tetrazole rings is 1. The first-order valence-electron chi connectivity index (χ1n) is 11.4. The Morgan fingerprint density at radius 3 is 2.22 bits per heavy atom. The van der Waals surface area contributed by atoms with Gasteiger partial charge in [0.05, 0.1) is 35.4 Å². The van der Waals surface area contributed by atoms with Gasteiger partial charge in [-0.25, -0.2) is 4.68 Å². The number of ether oxygens (including phenoxy) is 1. The fourth-order valence-electron chi connectivity index (χ4n) is 5.47. The minimum Gasteiger partial charge on any atom is -0.371 e. The Morgan fingerprint density at radius 1 is 1.00 bits per heavy atom. The topological polar surface area (TPSA) is 64.9 Å². The molecule has 0 radical (unpaired) electrons. The van der Waals surface area contributed by atoms with Gasteiger partial charge in [-0.1, -0.05) is 30.3 Å².